The van der Waals surface area contributed by atoms with E-state index in [1.807, 2.05) is 25.1 Å². The first kappa shape index (κ1) is 14.0. The molecule has 1 rings (SSSR count). The van der Waals surface area contributed by atoms with E-state index in [9.17, 15) is 0 Å². The molecule has 0 bridgehead atoms. The zero-order valence-electron chi connectivity index (χ0n) is 10.0. The van der Waals surface area contributed by atoms with Crippen LogP contribution in [0.3, 0.4) is 0 Å². The number of benzene rings is 1. The summed E-state index contributed by atoms with van der Waals surface area (Å²) in [5, 5.41) is 15.1. The molecule has 0 fully saturated rings. The number of nitrogens with two attached hydrogens (primary N) is 1. The van der Waals surface area contributed by atoms with Gasteiger partial charge in [0.05, 0.1) is 6.04 Å². The molecule has 0 amide bonds. The molecule has 0 aromatic heterocycles. The molecule has 2 atom stereocenters. The fraction of sp³-hybridized carbons (Fsp3) is 0.417. The van der Waals surface area contributed by atoms with Gasteiger partial charge in [-0.2, -0.15) is 0 Å². The van der Waals surface area contributed by atoms with Gasteiger partial charge in [0, 0.05) is 10.5 Å². The molecular weight excluding hydrogens is 282 g/mol. The monoisotopic (exact) mass is 299 g/mol. The number of nitrogens with one attached hydrogen (secondary N) is 1. The molecule has 0 aliphatic rings. The predicted molar refractivity (Wildman–Crippen MR) is 73.2 cm³/mol. The molecule has 0 saturated heterocycles. The fourth-order valence-electron chi connectivity index (χ4n) is 1.66. The number of rotatable bonds is 5. The summed E-state index contributed by atoms with van der Waals surface area (Å²) < 4.78 is 1.04. The van der Waals surface area contributed by atoms with Crippen LogP contribution >= 0.6 is 15.9 Å². The Morgan fingerprint density at radius 3 is 2.82 bits per heavy atom. The van der Waals surface area contributed by atoms with Crippen molar-refractivity contribution in [1.29, 1.82) is 0 Å². The highest BCUT2D eigenvalue weighted by molar-refractivity contribution is 9.10. The Labute approximate surface area is 110 Å². The lowest BCUT2D eigenvalue weighted by molar-refractivity contribution is 0.313. The molecular formula is C12H18BrN3O. The second kappa shape index (κ2) is 6.61. The van der Waals surface area contributed by atoms with Crippen LogP contribution in [0.4, 0.5) is 0 Å². The van der Waals surface area contributed by atoms with Crippen molar-refractivity contribution in [3.63, 3.8) is 0 Å². The summed E-state index contributed by atoms with van der Waals surface area (Å²) in [7, 11) is 0. The van der Waals surface area contributed by atoms with Gasteiger partial charge in [0.25, 0.3) is 0 Å². The largest absolute Gasteiger partial charge is 0.409 e. The standard InChI is InChI=1S/C12H18BrN3O/c1-3-11(12(14)16-17)15-8(2)9-5-4-6-10(13)7-9/h4-8,11,15,17H,3H2,1-2H3,(H2,14,16). The Hall–Kier alpha value is -1.07. The van der Waals surface area contributed by atoms with Gasteiger partial charge in [-0.25, -0.2) is 0 Å². The van der Waals surface area contributed by atoms with Crippen molar-refractivity contribution in [1.82, 2.24) is 5.32 Å². The summed E-state index contributed by atoms with van der Waals surface area (Å²) in [5.74, 6) is 0.217. The van der Waals surface area contributed by atoms with Crippen molar-refractivity contribution < 1.29 is 5.21 Å². The Bertz CT molecular complexity index is 395. The van der Waals surface area contributed by atoms with E-state index < -0.39 is 0 Å². The third-order valence-corrected chi connectivity index (χ3v) is 3.17. The van der Waals surface area contributed by atoms with Crippen LogP contribution in [0.25, 0.3) is 0 Å². The average Bonchev–Trinajstić information content (AvgIpc) is 2.34. The number of hydrogen-bond donors (Lipinski definition) is 3. The van der Waals surface area contributed by atoms with Gasteiger partial charge >= 0.3 is 0 Å². The highest BCUT2D eigenvalue weighted by Gasteiger charge is 2.15. The Morgan fingerprint density at radius 2 is 2.29 bits per heavy atom. The number of nitrogens with zero attached hydrogens (tertiary/aromatic N) is 1. The molecule has 1 aromatic rings. The summed E-state index contributed by atoms with van der Waals surface area (Å²) in [6.45, 7) is 4.04. The van der Waals surface area contributed by atoms with Crippen molar-refractivity contribution in [2.45, 2.75) is 32.4 Å². The second-order valence-corrected chi connectivity index (χ2v) is 4.84. The molecule has 5 heteroatoms. The third-order valence-electron chi connectivity index (χ3n) is 2.68. The minimum absolute atomic E-state index is 0.117. The molecule has 4 N–H and O–H groups in total. The van der Waals surface area contributed by atoms with E-state index in [0.29, 0.717) is 0 Å². The summed E-state index contributed by atoms with van der Waals surface area (Å²) in [6.07, 6.45) is 0.772. The van der Waals surface area contributed by atoms with Gasteiger partial charge < -0.3 is 16.3 Å². The van der Waals surface area contributed by atoms with Crippen LogP contribution in [0.15, 0.2) is 33.9 Å². The smallest absolute Gasteiger partial charge is 0.156 e. The maximum atomic E-state index is 8.68. The molecule has 17 heavy (non-hydrogen) atoms. The van der Waals surface area contributed by atoms with E-state index in [2.05, 4.69) is 39.4 Å². The van der Waals surface area contributed by atoms with Gasteiger partial charge in [0.15, 0.2) is 5.84 Å². The van der Waals surface area contributed by atoms with Crippen LogP contribution in [-0.2, 0) is 0 Å². The lowest BCUT2D eigenvalue weighted by atomic mass is 10.1. The van der Waals surface area contributed by atoms with Crippen molar-refractivity contribution in [2.75, 3.05) is 0 Å². The lowest BCUT2D eigenvalue weighted by Gasteiger charge is -2.21. The van der Waals surface area contributed by atoms with Crippen LogP contribution in [0.1, 0.15) is 31.9 Å². The fourth-order valence-corrected chi connectivity index (χ4v) is 2.07. The van der Waals surface area contributed by atoms with E-state index in [-0.39, 0.29) is 17.9 Å². The Morgan fingerprint density at radius 1 is 1.59 bits per heavy atom. The lowest BCUT2D eigenvalue weighted by Crippen LogP contribution is -2.42. The van der Waals surface area contributed by atoms with E-state index in [1.165, 1.54) is 0 Å². The molecule has 2 unspecified atom stereocenters. The summed E-state index contributed by atoms with van der Waals surface area (Å²) >= 11 is 3.44. The van der Waals surface area contributed by atoms with Crippen LogP contribution in [-0.4, -0.2) is 17.1 Å². The SMILES string of the molecule is CCC(NC(C)c1cccc(Br)c1)C(N)=NO. The molecule has 0 saturated carbocycles. The quantitative estimate of drug-likeness (QED) is 0.339. The number of hydrogen-bond acceptors (Lipinski definition) is 3. The third kappa shape index (κ3) is 4.02. The highest BCUT2D eigenvalue weighted by atomic mass is 79.9. The Kier molecular flexibility index (Phi) is 5.44. The van der Waals surface area contributed by atoms with Crippen molar-refractivity contribution in [2.24, 2.45) is 10.9 Å². The maximum Gasteiger partial charge on any atom is 0.156 e. The molecule has 0 aliphatic heterocycles. The molecule has 94 valence electrons. The van der Waals surface area contributed by atoms with E-state index in [4.69, 9.17) is 10.9 Å². The summed E-state index contributed by atoms with van der Waals surface area (Å²) in [5.41, 5.74) is 6.77. The number of halogens is 1. The molecule has 4 nitrogen and oxygen atoms in total. The molecule has 0 heterocycles. The predicted octanol–water partition coefficient (Wildman–Crippen LogP) is 2.62. The van der Waals surface area contributed by atoms with E-state index in [1.54, 1.807) is 0 Å². The van der Waals surface area contributed by atoms with Crippen molar-refractivity contribution >= 4 is 21.8 Å². The van der Waals surface area contributed by atoms with E-state index in [0.717, 1.165) is 16.5 Å². The zero-order chi connectivity index (χ0) is 12.8. The Balaban J connectivity index is 2.74. The average molecular weight is 300 g/mol. The van der Waals surface area contributed by atoms with Crippen molar-refractivity contribution in [3.05, 3.63) is 34.3 Å². The zero-order valence-corrected chi connectivity index (χ0v) is 11.6. The van der Waals surface area contributed by atoms with Gasteiger partial charge in [-0.15, -0.1) is 0 Å². The van der Waals surface area contributed by atoms with E-state index >= 15 is 0 Å². The first-order chi connectivity index (χ1) is 8.08. The molecule has 0 aliphatic carbocycles. The molecule has 0 spiro atoms. The van der Waals surface area contributed by atoms with Crippen molar-refractivity contribution in [3.8, 4) is 0 Å². The van der Waals surface area contributed by atoms with Crippen LogP contribution in [0, 0.1) is 0 Å². The summed E-state index contributed by atoms with van der Waals surface area (Å²) in [4.78, 5) is 0. The van der Waals surface area contributed by atoms with Gasteiger partial charge in [-0.05, 0) is 31.0 Å². The maximum absolute atomic E-state index is 8.68. The van der Waals surface area contributed by atoms with Crippen LogP contribution in [0.5, 0.6) is 0 Å². The number of amidine groups is 1. The molecule has 0 radical (unpaired) electrons. The normalized spacial score (nSPS) is 15.6. The minimum atomic E-state index is -0.117. The molecule has 1 aromatic carbocycles. The van der Waals surface area contributed by atoms with Crippen LogP contribution in [0.2, 0.25) is 0 Å². The van der Waals surface area contributed by atoms with Gasteiger partial charge in [0.2, 0.25) is 0 Å². The van der Waals surface area contributed by atoms with Crippen LogP contribution < -0.4 is 11.1 Å². The number of oxime groups is 1. The van der Waals surface area contributed by atoms with Gasteiger partial charge in [-0.3, -0.25) is 0 Å². The first-order valence-electron chi connectivity index (χ1n) is 5.57. The highest BCUT2D eigenvalue weighted by Crippen LogP contribution is 2.18. The summed E-state index contributed by atoms with van der Waals surface area (Å²) in [6, 6.07) is 8.09. The second-order valence-electron chi connectivity index (χ2n) is 3.93. The van der Waals surface area contributed by atoms with Gasteiger partial charge in [-0.1, -0.05) is 40.1 Å². The van der Waals surface area contributed by atoms with Gasteiger partial charge in [0.1, 0.15) is 0 Å². The first-order valence-corrected chi connectivity index (χ1v) is 6.36. The topological polar surface area (TPSA) is 70.6 Å². The minimum Gasteiger partial charge on any atom is -0.409 e.